The molecule has 0 saturated heterocycles. The summed E-state index contributed by atoms with van der Waals surface area (Å²) in [6.07, 6.45) is 0. The molecule has 66 heavy (non-hydrogen) atoms. The van der Waals surface area contributed by atoms with Gasteiger partial charge in [0.2, 0.25) is 0 Å². The monoisotopic (exact) mass is 840 g/mol. The molecule has 12 aromatic rings. The van der Waals surface area contributed by atoms with Gasteiger partial charge in [0.25, 0.3) is 0 Å². The Kier molecular flexibility index (Phi) is 7.90. The standard InChI is InChI=1S/C63H40N2O/c1-5-19-43(20-6-1)64(44-21-7-2-8-22-44)47-34-33-41-38-52-55(39-42(41)37-47)63(53-30-16-13-27-48(53)49-28-14-17-31-54(49)63)56-40-57(65(45-23-9-3-10-24-45)46-25-11-4-12-26-46)61-51(60(52)56)35-36-59-62(61)50-29-15-18-32-58(50)66-59/h1-40H. The Morgan fingerprint density at radius 1 is 0.303 bits per heavy atom. The van der Waals surface area contributed by atoms with Crippen LogP contribution in [0.25, 0.3) is 65.7 Å². The van der Waals surface area contributed by atoms with Crippen LogP contribution in [-0.2, 0) is 5.41 Å². The van der Waals surface area contributed by atoms with Gasteiger partial charge in [0.15, 0.2) is 0 Å². The molecule has 1 spiro atoms. The minimum atomic E-state index is -0.615. The van der Waals surface area contributed by atoms with E-state index in [0.29, 0.717) is 0 Å². The van der Waals surface area contributed by atoms with Gasteiger partial charge in [-0.05, 0) is 158 Å². The first-order chi connectivity index (χ1) is 32.8. The average molecular weight is 841 g/mol. The first-order valence-corrected chi connectivity index (χ1v) is 22.8. The van der Waals surface area contributed by atoms with Crippen LogP contribution in [0.15, 0.2) is 247 Å². The van der Waals surface area contributed by atoms with Crippen LogP contribution in [0, 0.1) is 0 Å². The van der Waals surface area contributed by atoms with E-state index in [2.05, 4.69) is 252 Å². The Labute approximate surface area is 382 Å². The summed E-state index contributed by atoms with van der Waals surface area (Å²) in [4.78, 5) is 4.82. The van der Waals surface area contributed by atoms with Crippen LogP contribution in [0.2, 0.25) is 0 Å². The SMILES string of the molecule is c1ccc(N(c2ccccc2)c2ccc3cc4c(cc3c2)C2(c3ccccc3-c3ccccc32)c2cc(N(c3ccccc3)c3ccccc3)c3c(ccc5oc6ccccc6c53)c2-4)cc1. The molecule has 0 fully saturated rings. The quantitative estimate of drug-likeness (QED) is 0.166. The Bertz CT molecular complexity index is 3750. The number of hydrogen-bond donors (Lipinski definition) is 0. The first-order valence-electron chi connectivity index (χ1n) is 22.8. The summed E-state index contributed by atoms with van der Waals surface area (Å²) in [5, 5.41) is 7.00. The van der Waals surface area contributed by atoms with Gasteiger partial charge in [0, 0.05) is 44.6 Å². The van der Waals surface area contributed by atoms with E-state index in [1.165, 1.54) is 66.1 Å². The lowest BCUT2D eigenvalue weighted by Crippen LogP contribution is -2.26. The van der Waals surface area contributed by atoms with Crippen molar-refractivity contribution in [2.24, 2.45) is 0 Å². The molecule has 0 atom stereocenters. The molecule has 0 unspecified atom stereocenters. The summed E-state index contributed by atoms with van der Waals surface area (Å²) in [5.74, 6) is 0. The number of anilines is 6. The van der Waals surface area contributed by atoms with Crippen LogP contribution in [0.4, 0.5) is 34.1 Å². The van der Waals surface area contributed by atoms with Gasteiger partial charge >= 0.3 is 0 Å². The summed E-state index contributed by atoms with van der Waals surface area (Å²) in [6.45, 7) is 0. The summed E-state index contributed by atoms with van der Waals surface area (Å²) in [6, 6.07) is 88.8. The van der Waals surface area contributed by atoms with E-state index < -0.39 is 5.41 Å². The zero-order valence-electron chi connectivity index (χ0n) is 35.9. The fourth-order valence-electron chi connectivity index (χ4n) is 11.6. The third kappa shape index (κ3) is 5.14. The molecule has 11 aromatic carbocycles. The molecule has 0 N–H and O–H groups in total. The Balaban J connectivity index is 1.14. The second-order valence-corrected chi connectivity index (χ2v) is 17.6. The van der Waals surface area contributed by atoms with Crippen molar-refractivity contribution in [2.75, 3.05) is 9.80 Å². The molecule has 308 valence electrons. The zero-order valence-corrected chi connectivity index (χ0v) is 35.9. The van der Waals surface area contributed by atoms with Crippen LogP contribution < -0.4 is 9.80 Å². The molecule has 2 aliphatic carbocycles. The van der Waals surface area contributed by atoms with E-state index in [-0.39, 0.29) is 0 Å². The Morgan fingerprint density at radius 3 is 1.47 bits per heavy atom. The second-order valence-electron chi connectivity index (χ2n) is 17.6. The van der Waals surface area contributed by atoms with E-state index in [4.69, 9.17) is 4.42 Å². The van der Waals surface area contributed by atoms with Crippen LogP contribution >= 0.6 is 0 Å². The molecule has 1 heterocycles. The number of para-hydroxylation sites is 5. The molecule has 3 nitrogen and oxygen atoms in total. The number of fused-ring (bicyclic) bond motifs is 17. The van der Waals surface area contributed by atoms with Gasteiger partial charge in [-0.25, -0.2) is 0 Å². The summed E-state index contributed by atoms with van der Waals surface area (Å²) in [5.41, 5.74) is 18.1. The molecule has 3 heteroatoms. The van der Waals surface area contributed by atoms with Crippen molar-refractivity contribution in [2.45, 2.75) is 5.41 Å². The number of furan rings is 1. The number of nitrogens with zero attached hydrogens (tertiary/aromatic N) is 2. The molecule has 1 aromatic heterocycles. The maximum Gasteiger partial charge on any atom is 0.136 e. The molecule has 14 rings (SSSR count). The highest BCUT2D eigenvalue weighted by Gasteiger charge is 2.52. The first kappa shape index (κ1) is 36.8. The molecule has 0 radical (unpaired) electrons. The summed E-state index contributed by atoms with van der Waals surface area (Å²) >= 11 is 0. The lowest BCUT2D eigenvalue weighted by atomic mass is 9.70. The molecular weight excluding hydrogens is 801 g/mol. The third-order valence-corrected chi connectivity index (χ3v) is 14.2. The number of rotatable bonds is 6. The van der Waals surface area contributed by atoms with E-state index in [1.54, 1.807) is 0 Å². The second kappa shape index (κ2) is 14.2. The minimum absolute atomic E-state index is 0.615. The zero-order chi connectivity index (χ0) is 43.3. The van der Waals surface area contributed by atoms with Crippen LogP contribution in [0.3, 0.4) is 0 Å². The summed E-state index contributed by atoms with van der Waals surface area (Å²) < 4.78 is 6.71. The molecule has 0 aliphatic heterocycles. The highest BCUT2D eigenvalue weighted by Crippen LogP contribution is 2.66. The topological polar surface area (TPSA) is 19.6 Å². The van der Waals surface area contributed by atoms with Crippen molar-refractivity contribution in [3.05, 3.63) is 265 Å². The Hall–Kier alpha value is -8.66. The third-order valence-electron chi connectivity index (χ3n) is 14.2. The maximum atomic E-state index is 6.71. The van der Waals surface area contributed by atoms with Gasteiger partial charge in [-0.3, -0.25) is 0 Å². The van der Waals surface area contributed by atoms with Crippen molar-refractivity contribution in [1.29, 1.82) is 0 Å². The summed E-state index contributed by atoms with van der Waals surface area (Å²) in [7, 11) is 0. The van der Waals surface area contributed by atoms with Gasteiger partial charge in [0.05, 0.1) is 11.1 Å². The predicted molar refractivity (Wildman–Crippen MR) is 274 cm³/mol. The van der Waals surface area contributed by atoms with E-state index in [1.807, 2.05) is 0 Å². The van der Waals surface area contributed by atoms with Crippen molar-refractivity contribution in [1.82, 2.24) is 0 Å². The fraction of sp³-hybridized carbons (Fsp3) is 0.0159. The molecule has 0 saturated carbocycles. The average Bonchev–Trinajstić information content (AvgIpc) is 4.01. The van der Waals surface area contributed by atoms with E-state index >= 15 is 0 Å². The van der Waals surface area contributed by atoms with Crippen LogP contribution in [-0.4, -0.2) is 0 Å². The van der Waals surface area contributed by atoms with E-state index in [0.717, 1.165) is 56.1 Å². The largest absolute Gasteiger partial charge is 0.456 e. The number of benzene rings is 11. The fourth-order valence-corrected chi connectivity index (χ4v) is 11.6. The van der Waals surface area contributed by atoms with Crippen molar-refractivity contribution in [3.8, 4) is 22.3 Å². The van der Waals surface area contributed by atoms with Crippen molar-refractivity contribution >= 4 is 77.6 Å². The van der Waals surface area contributed by atoms with E-state index in [9.17, 15) is 0 Å². The van der Waals surface area contributed by atoms with Gasteiger partial charge in [-0.2, -0.15) is 0 Å². The van der Waals surface area contributed by atoms with Gasteiger partial charge < -0.3 is 14.2 Å². The molecule has 0 bridgehead atoms. The maximum absolute atomic E-state index is 6.71. The van der Waals surface area contributed by atoms with Gasteiger partial charge in [-0.15, -0.1) is 0 Å². The number of hydrogen-bond acceptors (Lipinski definition) is 3. The molecule has 2 aliphatic rings. The lowest BCUT2D eigenvalue weighted by molar-refractivity contribution is 0.669. The smallest absolute Gasteiger partial charge is 0.136 e. The molecule has 0 amide bonds. The van der Waals surface area contributed by atoms with Crippen molar-refractivity contribution in [3.63, 3.8) is 0 Å². The van der Waals surface area contributed by atoms with Crippen molar-refractivity contribution < 1.29 is 4.42 Å². The molecular formula is C63H40N2O. The van der Waals surface area contributed by atoms with Crippen LogP contribution in [0.1, 0.15) is 22.3 Å². The predicted octanol–water partition coefficient (Wildman–Crippen LogP) is 17.2. The van der Waals surface area contributed by atoms with Gasteiger partial charge in [0.1, 0.15) is 11.2 Å². The highest BCUT2D eigenvalue weighted by atomic mass is 16.3. The van der Waals surface area contributed by atoms with Gasteiger partial charge in [-0.1, -0.05) is 146 Å². The normalized spacial score (nSPS) is 13.0. The Morgan fingerprint density at radius 2 is 0.848 bits per heavy atom. The lowest BCUT2D eigenvalue weighted by Gasteiger charge is -2.33. The highest BCUT2D eigenvalue weighted by molar-refractivity contribution is 6.27. The van der Waals surface area contributed by atoms with Crippen LogP contribution in [0.5, 0.6) is 0 Å². The minimum Gasteiger partial charge on any atom is -0.456 e.